The molecule has 1 aliphatic heterocycles. The lowest BCUT2D eigenvalue weighted by Crippen LogP contribution is -2.50. The summed E-state index contributed by atoms with van der Waals surface area (Å²) in [5.74, 6) is -0.720. The Bertz CT molecular complexity index is 1330. The molecular formula is C18H15FN4O3S3. The summed E-state index contributed by atoms with van der Waals surface area (Å²) in [5.41, 5.74) is 0.905. The summed E-state index contributed by atoms with van der Waals surface area (Å²) < 4.78 is 42.1. The molecule has 3 aromatic heterocycles. The van der Waals surface area contributed by atoms with Crippen molar-refractivity contribution >= 4 is 53.9 Å². The molecule has 0 N–H and O–H groups in total. The van der Waals surface area contributed by atoms with E-state index >= 15 is 0 Å². The van der Waals surface area contributed by atoms with Crippen LogP contribution < -0.4 is 0 Å². The lowest BCUT2D eigenvalue weighted by molar-refractivity contribution is 0.0703. The summed E-state index contributed by atoms with van der Waals surface area (Å²) in [5, 5.41) is 1.94. The van der Waals surface area contributed by atoms with Gasteiger partial charge in [0, 0.05) is 37.8 Å². The lowest BCUT2D eigenvalue weighted by atomic mass is 10.3. The van der Waals surface area contributed by atoms with Gasteiger partial charge in [0.05, 0.1) is 15.3 Å². The van der Waals surface area contributed by atoms with Gasteiger partial charge in [0.2, 0.25) is 10.0 Å². The molecule has 0 unspecified atom stereocenters. The number of nitrogens with zero attached hydrogens (tertiary/aromatic N) is 4. The molecule has 1 aromatic carbocycles. The second-order valence-electron chi connectivity index (χ2n) is 6.62. The van der Waals surface area contributed by atoms with E-state index in [0.717, 1.165) is 21.4 Å². The number of piperazine rings is 1. The third-order valence-corrected chi connectivity index (χ3v) is 8.57. The first-order valence-electron chi connectivity index (χ1n) is 8.83. The van der Waals surface area contributed by atoms with Crippen LogP contribution in [0.5, 0.6) is 0 Å². The van der Waals surface area contributed by atoms with Gasteiger partial charge in [-0.1, -0.05) is 6.07 Å². The number of carbonyl (C=O) groups excluding carboxylic acids is 1. The van der Waals surface area contributed by atoms with E-state index in [4.69, 9.17) is 0 Å². The van der Waals surface area contributed by atoms with Gasteiger partial charge in [0.15, 0.2) is 4.96 Å². The number of thiazole rings is 1. The SMILES string of the molecule is O=C(c1cc2c(nc3sccn32)s1)N1CCN(S(=O)(=O)c2cccc(F)c2)CC1. The molecule has 7 nitrogen and oxygen atoms in total. The summed E-state index contributed by atoms with van der Waals surface area (Å²) >= 11 is 2.88. The van der Waals surface area contributed by atoms with Gasteiger partial charge in [-0.2, -0.15) is 4.31 Å². The number of aromatic nitrogens is 2. The van der Waals surface area contributed by atoms with E-state index in [1.807, 2.05) is 22.0 Å². The molecule has 0 saturated carbocycles. The zero-order valence-corrected chi connectivity index (χ0v) is 17.4. The fraction of sp³-hybridized carbons (Fsp3) is 0.222. The van der Waals surface area contributed by atoms with E-state index in [2.05, 4.69) is 4.98 Å². The summed E-state index contributed by atoms with van der Waals surface area (Å²) in [6, 6.07) is 6.81. The van der Waals surface area contributed by atoms with Crippen LogP contribution in [0.4, 0.5) is 4.39 Å². The smallest absolute Gasteiger partial charge is 0.264 e. The molecule has 0 spiro atoms. The van der Waals surface area contributed by atoms with Gasteiger partial charge < -0.3 is 4.90 Å². The third kappa shape index (κ3) is 3.14. The van der Waals surface area contributed by atoms with Gasteiger partial charge in [-0.05, 0) is 24.3 Å². The number of halogens is 1. The summed E-state index contributed by atoms with van der Waals surface area (Å²) in [6.07, 6.45) is 1.92. The normalized spacial score (nSPS) is 16.1. The Morgan fingerprint density at radius 3 is 2.69 bits per heavy atom. The number of hydrogen-bond donors (Lipinski definition) is 0. The number of rotatable bonds is 3. The standard InChI is InChI=1S/C18H15FN4O3S3/c19-12-2-1-3-13(10-12)29(25,26)22-6-4-21(5-7-22)17(24)15-11-14-16(28-15)20-18-23(14)8-9-27-18/h1-3,8-11H,4-7H2. The van der Waals surface area contributed by atoms with E-state index in [-0.39, 0.29) is 37.0 Å². The number of hydrogen-bond acceptors (Lipinski definition) is 6. The van der Waals surface area contributed by atoms with Crippen molar-refractivity contribution in [3.63, 3.8) is 0 Å². The van der Waals surface area contributed by atoms with Crippen molar-refractivity contribution < 1.29 is 17.6 Å². The predicted molar refractivity (Wildman–Crippen MR) is 110 cm³/mol. The number of imidazole rings is 1. The van der Waals surface area contributed by atoms with E-state index < -0.39 is 15.8 Å². The monoisotopic (exact) mass is 450 g/mol. The van der Waals surface area contributed by atoms with Crippen molar-refractivity contribution in [1.29, 1.82) is 0 Å². The summed E-state index contributed by atoms with van der Waals surface area (Å²) in [7, 11) is -3.78. The first kappa shape index (κ1) is 18.7. The van der Waals surface area contributed by atoms with Crippen LogP contribution in [0, 0.1) is 5.82 Å². The summed E-state index contributed by atoms with van der Waals surface area (Å²) in [4.78, 5) is 21.3. The molecule has 0 atom stereocenters. The van der Waals surface area contributed by atoms with Crippen LogP contribution in [0.2, 0.25) is 0 Å². The quantitative estimate of drug-likeness (QED) is 0.481. The second-order valence-corrected chi connectivity index (χ2v) is 10.5. The number of benzene rings is 1. The van der Waals surface area contributed by atoms with Crippen molar-refractivity contribution in [3.05, 3.63) is 52.6 Å². The third-order valence-electron chi connectivity index (χ3n) is 4.91. The Balaban J connectivity index is 1.32. The second kappa shape index (κ2) is 6.87. The minimum Gasteiger partial charge on any atom is -0.335 e. The largest absolute Gasteiger partial charge is 0.335 e. The van der Waals surface area contributed by atoms with Crippen LogP contribution in [0.15, 0.2) is 46.8 Å². The molecule has 0 bridgehead atoms. The highest BCUT2D eigenvalue weighted by Gasteiger charge is 2.31. The molecule has 1 fully saturated rings. The van der Waals surface area contributed by atoms with E-state index in [0.29, 0.717) is 4.88 Å². The Morgan fingerprint density at radius 2 is 1.93 bits per heavy atom. The van der Waals surface area contributed by atoms with Gasteiger partial charge in [-0.3, -0.25) is 9.20 Å². The zero-order chi connectivity index (χ0) is 20.2. The number of amides is 1. The Hall–Kier alpha value is -2.34. The number of thiophene rings is 1. The highest BCUT2D eigenvalue weighted by atomic mass is 32.2. The Labute approximate surface area is 173 Å². The summed E-state index contributed by atoms with van der Waals surface area (Å²) in [6.45, 7) is 0.904. The molecule has 4 heterocycles. The van der Waals surface area contributed by atoms with Crippen molar-refractivity contribution in [2.75, 3.05) is 26.2 Å². The van der Waals surface area contributed by atoms with Crippen molar-refractivity contribution in [2.24, 2.45) is 0 Å². The molecule has 0 radical (unpaired) electrons. The molecule has 29 heavy (non-hydrogen) atoms. The molecule has 0 aliphatic carbocycles. The Morgan fingerprint density at radius 1 is 1.14 bits per heavy atom. The van der Waals surface area contributed by atoms with Crippen LogP contribution in [-0.4, -0.2) is 59.1 Å². The molecule has 1 saturated heterocycles. The van der Waals surface area contributed by atoms with Crippen molar-refractivity contribution in [2.45, 2.75) is 4.90 Å². The van der Waals surface area contributed by atoms with Gasteiger partial charge in [0.1, 0.15) is 10.6 Å². The molecule has 150 valence electrons. The zero-order valence-electron chi connectivity index (χ0n) is 15.0. The Kier molecular flexibility index (Phi) is 4.42. The van der Waals surface area contributed by atoms with Crippen LogP contribution in [0.1, 0.15) is 9.67 Å². The molecule has 1 amide bonds. The molecular weight excluding hydrogens is 435 g/mol. The molecule has 11 heteroatoms. The molecule has 4 aromatic rings. The fourth-order valence-electron chi connectivity index (χ4n) is 3.42. The molecule has 5 rings (SSSR count). The van der Waals surface area contributed by atoms with Crippen LogP contribution in [0.3, 0.4) is 0 Å². The van der Waals surface area contributed by atoms with Crippen molar-refractivity contribution in [1.82, 2.24) is 18.6 Å². The predicted octanol–water partition coefficient (Wildman–Crippen LogP) is 2.90. The fourth-order valence-corrected chi connectivity index (χ4v) is 6.64. The number of carbonyl (C=O) groups is 1. The highest BCUT2D eigenvalue weighted by molar-refractivity contribution is 7.89. The average molecular weight is 451 g/mol. The van der Waals surface area contributed by atoms with Gasteiger partial charge >= 0.3 is 0 Å². The van der Waals surface area contributed by atoms with Crippen molar-refractivity contribution in [3.8, 4) is 0 Å². The maximum atomic E-state index is 13.4. The molecule has 1 aliphatic rings. The lowest BCUT2D eigenvalue weighted by Gasteiger charge is -2.33. The van der Waals surface area contributed by atoms with Gasteiger partial charge in [-0.25, -0.2) is 17.8 Å². The van der Waals surface area contributed by atoms with E-state index in [9.17, 15) is 17.6 Å². The minimum absolute atomic E-state index is 0.0721. The first-order valence-corrected chi connectivity index (χ1v) is 12.0. The van der Waals surface area contributed by atoms with E-state index in [1.54, 1.807) is 4.90 Å². The maximum Gasteiger partial charge on any atom is 0.264 e. The average Bonchev–Trinajstić information content (AvgIpc) is 3.40. The highest BCUT2D eigenvalue weighted by Crippen LogP contribution is 2.29. The number of fused-ring (bicyclic) bond motifs is 3. The maximum absolute atomic E-state index is 13.4. The first-order chi connectivity index (χ1) is 13.9. The van der Waals surface area contributed by atoms with Gasteiger partial charge in [-0.15, -0.1) is 22.7 Å². The topological polar surface area (TPSA) is 75.0 Å². The van der Waals surface area contributed by atoms with Crippen LogP contribution in [0.25, 0.3) is 15.3 Å². The van der Waals surface area contributed by atoms with E-state index in [1.165, 1.54) is 45.2 Å². The van der Waals surface area contributed by atoms with Gasteiger partial charge in [0.25, 0.3) is 5.91 Å². The number of sulfonamides is 1. The minimum atomic E-state index is -3.78. The van der Waals surface area contributed by atoms with Crippen LogP contribution in [-0.2, 0) is 10.0 Å². The van der Waals surface area contributed by atoms with Crippen LogP contribution >= 0.6 is 22.7 Å².